The molecule has 1 aliphatic heterocycles. The second-order valence-electron chi connectivity index (χ2n) is 6.82. The summed E-state index contributed by atoms with van der Waals surface area (Å²) < 4.78 is 11.5. The Hall–Kier alpha value is -2.78. The molecule has 0 atom stereocenters. The molecule has 1 saturated heterocycles. The van der Waals surface area contributed by atoms with E-state index in [0.29, 0.717) is 20.7 Å². The number of amides is 2. The van der Waals surface area contributed by atoms with E-state index in [1.165, 1.54) is 4.90 Å². The maximum Gasteiger partial charge on any atom is 0.341 e. The first-order chi connectivity index (χ1) is 14.7. The standard InChI is InChI=1S/C22H20BrNO6S/c1-13-3-4-14(2)18(9-13)29-8-7-24-21(27)19(31-22(24)28)11-15-5-6-17(16(23)10-15)30-12-20(25)26/h3-6,9-11H,7-8,12H2,1-2H3,(H,25,26)/b19-11-. The van der Waals surface area contributed by atoms with Gasteiger partial charge in [0.05, 0.1) is 15.9 Å². The molecule has 0 aromatic heterocycles. The molecule has 162 valence electrons. The van der Waals surface area contributed by atoms with Gasteiger partial charge in [0.2, 0.25) is 0 Å². The molecule has 0 radical (unpaired) electrons. The minimum Gasteiger partial charge on any atom is -0.491 e. The van der Waals surface area contributed by atoms with Crippen LogP contribution in [0.3, 0.4) is 0 Å². The lowest BCUT2D eigenvalue weighted by molar-refractivity contribution is -0.139. The molecule has 9 heteroatoms. The van der Waals surface area contributed by atoms with Gasteiger partial charge in [0, 0.05) is 0 Å². The van der Waals surface area contributed by atoms with Gasteiger partial charge < -0.3 is 14.6 Å². The number of imide groups is 1. The van der Waals surface area contributed by atoms with Crippen LogP contribution in [0, 0.1) is 13.8 Å². The van der Waals surface area contributed by atoms with Crippen LogP contribution in [0.25, 0.3) is 6.08 Å². The Morgan fingerprint density at radius 2 is 1.90 bits per heavy atom. The molecule has 31 heavy (non-hydrogen) atoms. The van der Waals surface area contributed by atoms with E-state index in [2.05, 4.69) is 15.9 Å². The lowest BCUT2D eigenvalue weighted by atomic mass is 10.1. The fraction of sp³-hybridized carbons (Fsp3) is 0.227. The Morgan fingerprint density at radius 1 is 1.13 bits per heavy atom. The molecule has 1 fully saturated rings. The molecule has 1 heterocycles. The highest BCUT2D eigenvalue weighted by atomic mass is 79.9. The maximum absolute atomic E-state index is 12.7. The van der Waals surface area contributed by atoms with E-state index in [4.69, 9.17) is 14.6 Å². The number of carbonyl (C=O) groups is 3. The van der Waals surface area contributed by atoms with Crippen LogP contribution in [0.4, 0.5) is 4.79 Å². The van der Waals surface area contributed by atoms with Crippen molar-refractivity contribution < 1.29 is 29.0 Å². The third-order valence-corrected chi connectivity index (χ3v) is 5.92. The summed E-state index contributed by atoms with van der Waals surface area (Å²) in [6.07, 6.45) is 1.61. The van der Waals surface area contributed by atoms with Crippen LogP contribution in [-0.4, -0.2) is 46.9 Å². The second kappa shape index (κ2) is 10.0. The van der Waals surface area contributed by atoms with Crippen LogP contribution in [-0.2, 0) is 9.59 Å². The molecular weight excluding hydrogens is 486 g/mol. The second-order valence-corrected chi connectivity index (χ2v) is 8.67. The van der Waals surface area contributed by atoms with Crippen LogP contribution >= 0.6 is 27.7 Å². The number of thioether (sulfide) groups is 1. The first-order valence-corrected chi connectivity index (χ1v) is 10.9. The van der Waals surface area contributed by atoms with Crippen molar-refractivity contribution in [1.82, 2.24) is 4.90 Å². The summed E-state index contributed by atoms with van der Waals surface area (Å²) >= 11 is 4.19. The quantitative estimate of drug-likeness (QED) is 0.522. The van der Waals surface area contributed by atoms with Crippen molar-refractivity contribution in [3.63, 3.8) is 0 Å². The van der Waals surface area contributed by atoms with E-state index in [9.17, 15) is 14.4 Å². The zero-order valence-corrected chi connectivity index (χ0v) is 19.3. The van der Waals surface area contributed by atoms with Crippen molar-refractivity contribution in [2.75, 3.05) is 19.8 Å². The summed E-state index contributed by atoms with van der Waals surface area (Å²) in [6, 6.07) is 10.8. The highest BCUT2D eigenvalue weighted by Gasteiger charge is 2.34. The molecule has 2 aromatic rings. The molecule has 1 N–H and O–H groups in total. The van der Waals surface area contributed by atoms with Crippen LogP contribution in [0.1, 0.15) is 16.7 Å². The Labute approximate surface area is 192 Å². The minimum atomic E-state index is -1.08. The number of carboxylic acids is 1. The van der Waals surface area contributed by atoms with Gasteiger partial charge in [0.25, 0.3) is 11.1 Å². The number of benzene rings is 2. The lowest BCUT2D eigenvalue weighted by Gasteiger charge is -2.14. The third-order valence-electron chi connectivity index (χ3n) is 4.39. The van der Waals surface area contributed by atoms with E-state index in [0.717, 1.165) is 28.6 Å². The normalized spacial score (nSPS) is 14.9. The molecule has 2 aromatic carbocycles. The van der Waals surface area contributed by atoms with Crippen molar-refractivity contribution in [2.24, 2.45) is 0 Å². The van der Waals surface area contributed by atoms with Gasteiger partial charge in [0.15, 0.2) is 6.61 Å². The van der Waals surface area contributed by atoms with Crippen LogP contribution < -0.4 is 9.47 Å². The molecule has 1 aliphatic rings. The molecular formula is C22H20BrNO6S. The lowest BCUT2D eigenvalue weighted by Crippen LogP contribution is -2.32. The fourth-order valence-corrected chi connectivity index (χ4v) is 4.19. The van der Waals surface area contributed by atoms with Gasteiger partial charge in [-0.05, 0) is 82.5 Å². The summed E-state index contributed by atoms with van der Waals surface area (Å²) in [5.74, 6) is -0.345. The summed E-state index contributed by atoms with van der Waals surface area (Å²) in [6.45, 7) is 3.81. The van der Waals surface area contributed by atoms with Crippen LogP contribution in [0.15, 0.2) is 45.8 Å². The van der Waals surface area contributed by atoms with E-state index in [1.807, 2.05) is 32.0 Å². The highest BCUT2D eigenvalue weighted by molar-refractivity contribution is 9.10. The Bertz CT molecular complexity index is 1070. The van der Waals surface area contributed by atoms with Gasteiger partial charge in [-0.3, -0.25) is 14.5 Å². The molecule has 7 nitrogen and oxygen atoms in total. The fourth-order valence-electron chi connectivity index (χ4n) is 2.82. The highest BCUT2D eigenvalue weighted by Crippen LogP contribution is 2.34. The number of nitrogens with zero attached hydrogens (tertiary/aromatic N) is 1. The van der Waals surface area contributed by atoms with Gasteiger partial charge in [-0.25, -0.2) is 4.79 Å². The predicted molar refractivity (Wildman–Crippen MR) is 121 cm³/mol. The molecule has 2 amide bonds. The molecule has 3 rings (SSSR count). The number of halogens is 1. The predicted octanol–water partition coefficient (Wildman–Crippen LogP) is 4.64. The van der Waals surface area contributed by atoms with Crippen molar-refractivity contribution in [1.29, 1.82) is 0 Å². The summed E-state index contributed by atoms with van der Waals surface area (Å²) in [7, 11) is 0. The van der Waals surface area contributed by atoms with E-state index in [1.54, 1.807) is 24.3 Å². The van der Waals surface area contributed by atoms with E-state index >= 15 is 0 Å². The Morgan fingerprint density at radius 3 is 2.61 bits per heavy atom. The molecule has 0 unspecified atom stereocenters. The number of aryl methyl sites for hydroxylation is 2. The van der Waals surface area contributed by atoms with Crippen molar-refractivity contribution in [3.05, 3.63) is 62.5 Å². The van der Waals surface area contributed by atoms with Crippen LogP contribution in [0.2, 0.25) is 0 Å². The first kappa shape index (κ1) is 22.9. The zero-order valence-electron chi connectivity index (χ0n) is 16.9. The SMILES string of the molecule is Cc1ccc(C)c(OCCN2C(=O)S/C(=C\c3ccc(OCC(=O)O)c(Br)c3)C2=O)c1. The van der Waals surface area contributed by atoms with Crippen LogP contribution in [0.5, 0.6) is 11.5 Å². The number of ether oxygens (including phenoxy) is 2. The number of carbonyl (C=O) groups excluding carboxylic acids is 2. The third kappa shape index (κ3) is 5.89. The minimum absolute atomic E-state index is 0.154. The van der Waals surface area contributed by atoms with Crippen molar-refractivity contribution in [3.8, 4) is 11.5 Å². The van der Waals surface area contributed by atoms with Crippen molar-refractivity contribution in [2.45, 2.75) is 13.8 Å². The van der Waals surface area contributed by atoms with E-state index < -0.39 is 12.6 Å². The number of hydrogen-bond acceptors (Lipinski definition) is 6. The molecule has 0 spiro atoms. The van der Waals surface area contributed by atoms with Gasteiger partial charge in [-0.15, -0.1) is 0 Å². The topological polar surface area (TPSA) is 93.1 Å². The summed E-state index contributed by atoms with van der Waals surface area (Å²) in [5.41, 5.74) is 2.73. The van der Waals surface area contributed by atoms with Gasteiger partial charge in [-0.2, -0.15) is 0 Å². The zero-order chi connectivity index (χ0) is 22.5. The van der Waals surface area contributed by atoms with Crippen molar-refractivity contribution >= 4 is 50.9 Å². The van der Waals surface area contributed by atoms with Gasteiger partial charge in [0.1, 0.15) is 18.1 Å². The average Bonchev–Trinajstić information content (AvgIpc) is 2.97. The largest absolute Gasteiger partial charge is 0.491 e. The van der Waals surface area contributed by atoms with Gasteiger partial charge in [-0.1, -0.05) is 18.2 Å². The number of aliphatic carboxylic acids is 1. The molecule has 0 bridgehead atoms. The smallest absolute Gasteiger partial charge is 0.341 e. The number of hydrogen-bond donors (Lipinski definition) is 1. The Balaban J connectivity index is 1.64. The van der Waals surface area contributed by atoms with E-state index in [-0.39, 0.29) is 24.3 Å². The number of rotatable bonds is 8. The maximum atomic E-state index is 12.7. The summed E-state index contributed by atoms with van der Waals surface area (Å²) in [4.78, 5) is 37.1. The Kier molecular flexibility index (Phi) is 7.40. The monoisotopic (exact) mass is 505 g/mol. The molecule has 0 aliphatic carbocycles. The summed E-state index contributed by atoms with van der Waals surface area (Å²) in [5, 5.41) is 8.36. The van der Waals surface area contributed by atoms with Gasteiger partial charge >= 0.3 is 5.97 Å². The molecule has 0 saturated carbocycles. The average molecular weight is 506 g/mol. The number of carboxylic acid groups (broad SMARTS) is 1. The first-order valence-electron chi connectivity index (χ1n) is 9.34.